The van der Waals surface area contributed by atoms with Gasteiger partial charge < -0.3 is 10.2 Å². The van der Waals surface area contributed by atoms with Crippen molar-refractivity contribution < 1.29 is 4.79 Å². The van der Waals surface area contributed by atoms with Gasteiger partial charge in [0.1, 0.15) is 5.69 Å². The lowest BCUT2D eigenvalue weighted by Gasteiger charge is -2.22. The van der Waals surface area contributed by atoms with Gasteiger partial charge in [-0.25, -0.2) is 4.98 Å². The van der Waals surface area contributed by atoms with Crippen LogP contribution in [0.25, 0.3) is 11.4 Å². The molecule has 24 heavy (non-hydrogen) atoms. The maximum atomic E-state index is 12.8. The van der Waals surface area contributed by atoms with Crippen molar-refractivity contribution in [1.29, 1.82) is 5.26 Å². The summed E-state index contributed by atoms with van der Waals surface area (Å²) in [5.74, 6) is -0.0100. The number of hydrogen-bond donors (Lipinski definition) is 1. The van der Waals surface area contributed by atoms with Crippen molar-refractivity contribution in [3.05, 3.63) is 47.3 Å². The highest BCUT2D eigenvalue weighted by molar-refractivity contribution is 5.97. The average molecular weight is 319 g/mol. The average Bonchev–Trinajstić information content (AvgIpc) is 3.18. The van der Waals surface area contributed by atoms with Gasteiger partial charge in [0.05, 0.1) is 23.0 Å². The van der Waals surface area contributed by atoms with E-state index in [0.29, 0.717) is 35.2 Å². The van der Waals surface area contributed by atoms with Crippen molar-refractivity contribution in [1.82, 2.24) is 20.2 Å². The van der Waals surface area contributed by atoms with E-state index in [1.54, 1.807) is 18.3 Å². The van der Waals surface area contributed by atoms with Crippen LogP contribution in [0.2, 0.25) is 0 Å². The Labute approximate surface area is 140 Å². The van der Waals surface area contributed by atoms with Crippen molar-refractivity contribution in [2.75, 3.05) is 6.54 Å². The van der Waals surface area contributed by atoms with Crippen LogP contribution >= 0.6 is 0 Å². The molecule has 0 bridgehead atoms. The van der Waals surface area contributed by atoms with E-state index in [1.165, 1.54) is 0 Å². The maximum Gasteiger partial charge on any atom is 0.273 e. The Hall–Kier alpha value is -2.78. The highest BCUT2D eigenvalue weighted by atomic mass is 16.2. The van der Waals surface area contributed by atoms with Gasteiger partial charge in [-0.3, -0.25) is 9.78 Å². The summed E-state index contributed by atoms with van der Waals surface area (Å²) in [5, 5.41) is 12.4. The quantitative estimate of drug-likeness (QED) is 0.911. The third-order valence-corrected chi connectivity index (χ3v) is 4.70. The molecule has 2 atom stereocenters. The Kier molecular flexibility index (Phi) is 3.51. The summed E-state index contributed by atoms with van der Waals surface area (Å²) in [5.41, 5.74) is 3.23. The molecule has 0 spiro atoms. The standard InChI is InChI=1S/C18H17N5O/c1-11-6-14(9-21-11)23-10-13-2-3-15(22-17(13)18(23)24)16-7-12(8-19)4-5-20-16/h2-5,7,11,14,21H,6,9-10H2,1H3/t11-,14-/m1/s1. The molecule has 2 aliphatic rings. The molecule has 2 aromatic heterocycles. The highest BCUT2D eigenvalue weighted by Gasteiger charge is 2.36. The second-order valence-corrected chi connectivity index (χ2v) is 6.38. The Bertz CT molecular complexity index is 857. The summed E-state index contributed by atoms with van der Waals surface area (Å²) in [6.45, 7) is 3.59. The number of carbonyl (C=O) groups is 1. The maximum absolute atomic E-state index is 12.8. The van der Waals surface area contributed by atoms with Crippen molar-refractivity contribution in [2.24, 2.45) is 0 Å². The number of nitriles is 1. The predicted octanol–water partition coefficient (Wildman–Crippen LogP) is 1.72. The van der Waals surface area contributed by atoms with E-state index >= 15 is 0 Å². The molecule has 6 nitrogen and oxygen atoms in total. The SMILES string of the molecule is C[C@@H]1C[C@@H](N2Cc3ccc(-c4cc(C#N)ccn4)nc3C2=O)CN1. The first-order valence-corrected chi connectivity index (χ1v) is 8.06. The molecule has 2 aromatic rings. The molecule has 1 amide bonds. The van der Waals surface area contributed by atoms with Crippen molar-refractivity contribution >= 4 is 5.91 Å². The molecular formula is C18H17N5O. The summed E-state index contributed by atoms with van der Waals surface area (Å²) in [6, 6.07) is 9.92. The number of aromatic nitrogens is 2. The van der Waals surface area contributed by atoms with Crippen LogP contribution in [0.4, 0.5) is 0 Å². The minimum atomic E-state index is -0.0100. The van der Waals surface area contributed by atoms with Gasteiger partial charge in [-0.1, -0.05) is 6.07 Å². The molecule has 0 aromatic carbocycles. The molecule has 6 heteroatoms. The van der Waals surface area contributed by atoms with Crippen LogP contribution < -0.4 is 5.32 Å². The number of nitrogens with one attached hydrogen (secondary N) is 1. The third-order valence-electron chi connectivity index (χ3n) is 4.70. The van der Waals surface area contributed by atoms with Crippen LogP contribution in [0.15, 0.2) is 30.5 Å². The van der Waals surface area contributed by atoms with Crippen LogP contribution in [-0.4, -0.2) is 39.4 Å². The summed E-state index contributed by atoms with van der Waals surface area (Å²) >= 11 is 0. The van der Waals surface area contributed by atoms with Crippen LogP contribution in [0.1, 0.15) is 35.0 Å². The largest absolute Gasteiger partial charge is 0.329 e. The van der Waals surface area contributed by atoms with Crippen LogP contribution in [0.5, 0.6) is 0 Å². The Morgan fingerprint density at radius 3 is 2.96 bits per heavy atom. The fourth-order valence-corrected chi connectivity index (χ4v) is 3.42. The first-order chi connectivity index (χ1) is 11.7. The molecule has 0 aliphatic carbocycles. The summed E-state index contributed by atoms with van der Waals surface area (Å²) in [4.78, 5) is 23.5. The third kappa shape index (κ3) is 2.43. The molecule has 1 fully saturated rings. The highest BCUT2D eigenvalue weighted by Crippen LogP contribution is 2.28. The number of nitrogens with zero attached hydrogens (tertiary/aromatic N) is 4. The number of amides is 1. The molecule has 4 rings (SSSR count). The topological polar surface area (TPSA) is 81.9 Å². The number of pyridine rings is 2. The second kappa shape index (κ2) is 5.69. The minimum absolute atomic E-state index is 0.0100. The first kappa shape index (κ1) is 14.8. The van der Waals surface area contributed by atoms with E-state index in [0.717, 1.165) is 18.5 Å². The fourth-order valence-electron chi connectivity index (χ4n) is 3.42. The molecule has 4 heterocycles. The van der Waals surface area contributed by atoms with Gasteiger partial charge in [0, 0.05) is 36.9 Å². The lowest BCUT2D eigenvalue weighted by molar-refractivity contribution is 0.0711. The van der Waals surface area contributed by atoms with Crippen LogP contribution in [0.3, 0.4) is 0 Å². The number of rotatable bonds is 2. The number of carbonyl (C=O) groups excluding carboxylic acids is 1. The Morgan fingerprint density at radius 2 is 2.21 bits per heavy atom. The number of hydrogen-bond acceptors (Lipinski definition) is 5. The molecule has 1 saturated heterocycles. The molecule has 0 saturated carbocycles. The molecule has 0 radical (unpaired) electrons. The predicted molar refractivity (Wildman–Crippen MR) is 87.9 cm³/mol. The Morgan fingerprint density at radius 1 is 1.33 bits per heavy atom. The number of fused-ring (bicyclic) bond motifs is 1. The zero-order valence-corrected chi connectivity index (χ0v) is 13.4. The van der Waals surface area contributed by atoms with E-state index in [-0.39, 0.29) is 11.9 Å². The zero-order chi connectivity index (χ0) is 16.7. The normalized spacial score (nSPS) is 22.5. The van der Waals surface area contributed by atoms with Gasteiger partial charge >= 0.3 is 0 Å². The molecule has 120 valence electrons. The van der Waals surface area contributed by atoms with E-state index in [2.05, 4.69) is 28.3 Å². The zero-order valence-electron chi connectivity index (χ0n) is 13.4. The van der Waals surface area contributed by atoms with Crippen molar-refractivity contribution in [3.63, 3.8) is 0 Å². The van der Waals surface area contributed by atoms with Crippen LogP contribution in [0, 0.1) is 11.3 Å². The smallest absolute Gasteiger partial charge is 0.273 e. The van der Waals surface area contributed by atoms with Gasteiger partial charge in [0.2, 0.25) is 0 Å². The van der Waals surface area contributed by atoms with E-state index in [1.807, 2.05) is 17.0 Å². The molecule has 0 unspecified atom stereocenters. The minimum Gasteiger partial charge on any atom is -0.329 e. The van der Waals surface area contributed by atoms with E-state index in [4.69, 9.17) is 5.26 Å². The summed E-state index contributed by atoms with van der Waals surface area (Å²) in [6.07, 6.45) is 2.56. The lowest BCUT2D eigenvalue weighted by atomic mass is 10.1. The molecule has 2 aliphatic heterocycles. The van der Waals surface area contributed by atoms with Gasteiger partial charge in [0.25, 0.3) is 5.91 Å². The monoisotopic (exact) mass is 319 g/mol. The molecular weight excluding hydrogens is 302 g/mol. The van der Waals surface area contributed by atoms with Gasteiger partial charge in [0.15, 0.2) is 0 Å². The summed E-state index contributed by atoms with van der Waals surface area (Å²) < 4.78 is 0. The van der Waals surface area contributed by atoms with Gasteiger partial charge in [-0.15, -0.1) is 0 Å². The second-order valence-electron chi connectivity index (χ2n) is 6.38. The van der Waals surface area contributed by atoms with E-state index < -0.39 is 0 Å². The van der Waals surface area contributed by atoms with E-state index in [9.17, 15) is 4.79 Å². The first-order valence-electron chi connectivity index (χ1n) is 8.06. The fraction of sp³-hybridized carbons (Fsp3) is 0.333. The van der Waals surface area contributed by atoms with Gasteiger partial charge in [-0.05, 0) is 31.5 Å². The van der Waals surface area contributed by atoms with Crippen LogP contribution in [-0.2, 0) is 6.54 Å². The van der Waals surface area contributed by atoms with Crippen molar-refractivity contribution in [3.8, 4) is 17.5 Å². The Balaban J connectivity index is 1.65. The molecule has 1 N–H and O–H groups in total. The van der Waals surface area contributed by atoms with Crippen molar-refractivity contribution in [2.45, 2.75) is 32.0 Å². The lowest BCUT2D eigenvalue weighted by Crippen LogP contribution is -2.37. The van der Waals surface area contributed by atoms with Gasteiger partial charge in [-0.2, -0.15) is 5.26 Å². The summed E-state index contributed by atoms with van der Waals surface area (Å²) in [7, 11) is 0.